The molecule has 0 N–H and O–H groups in total. The molecular weight excluding hydrogens is 336 g/mol. The second-order valence-electron chi connectivity index (χ2n) is 6.66. The van der Waals surface area contributed by atoms with E-state index in [0.29, 0.717) is 0 Å². The Morgan fingerprint density at radius 2 is 1.73 bits per heavy atom. The standard InChI is InChI=1S/C20H22O6/c1-11-16(24-12(2)21)17-18(20(22-3)23-11)26-19(25-17)15-9-8-13-6-4-5-7-14(13)10-15/h4-11,16-20H,1-3H3/t11-,16-,17+,18+,19+,20+/m0/s1. The van der Waals surface area contributed by atoms with Gasteiger partial charge in [-0.15, -0.1) is 0 Å². The zero-order chi connectivity index (χ0) is 18.3. The minimum absolute atomic E-state index is 0.357. The highest BCUT2D eigenvalue weighted by Crippen LogP contribution is 2.40. The fourth-order valence-corrected chi connectivity index (χ4v) is 3.65. The lowest BCUT2D eigenvalue weighted by molar-refractivity contribution is -0.265. The lowest BCUT2D eigenvalue weighted by Gasteiger charge is -2.39. The molecule has 26 heavy (non-hydrogen) atoms. The van der Waals surface area contributed by atoms with Gasteiger partial charge in [-0.2, -0.15) is 0 Å². The van der Waals surface area contributed by atoms with Gasteiger partial charge in [0.15, 0.2) is 18.7 Å². The SMILES string of the molecule is CO[C@@H]1O[C@@H](C)[C@H](OC(C)=O)[C@H]2O[C@@H](c3ccc4ccccc4c3)O[C@@H]12. The molecular formula is C20H22O6. The number of carbonyl (C=O) groups excluding carboxylic acids is 1. The van der Waals surface area contributed by atoms with Crippen LogP contribution in [-0.2, 0) is 28.5 Å². The fourth-order valence-electron chi connectivity index (χ4n) is 3.65. The predicted molar refractivity (Wildman–Crippen MR) is 93.3 cm³/mol. The van der Waals surface area contributed by atoms with Gasteiger partial charge in [-0.25, -0.2) is 0 Å². The highest BCUT2D eigenvalue weighted by molar-refractivity contribution is 5.83. The van der Waals surface area contributed by atoms with Gasteiger partial charge in [0.2, 0.25) is 0 Å². The van der Waals surface area contributed by atoms with Crippen LogP contribution in [0, 0.1) is 0 Å². The molecule has 6 atom stereocenters. The Bertz CT molecular complexity index is 806. The maximum atomic E-state index is 11.5. The molecule has 2 aliphatic rings. The van der Waals surface area contributed by atoms with Crippen molar-refractivity contribution in [2.75, 3.05) is 7.11 Å². The van der Waals surface area contributed by atoms with Crippen molar-refractivity contribution in [1.29, 1.82) is 0 Å². The predicted octanol–water partition coefficient (Wildman–Crippen LogP) is 2.95. The van der Waals surface area contributed by atoms with Crippen LogP contribution in [0.25, 0.3) is 10.8 Å². The Kier molecular flexibility index (Phi) is 4.67. The molecule has 2 aromatic rings. The molecule has 2 heterocycles. The van der Waals surface area contributed by atoms with Gasteiger partial charge in [0.1, 0.15) is 12.2 Å². The monoisotopic (exact) mass is 358 g/mol. The average Bonchev–Trinajstić information content (AvgIpc) is 3.08. The second kappa shape index (κ2) is 6.96. The molecule has 2 saturated heterocycles. The molecule has 0 radical (unpaired) electrons. The molecule has 2 aromatic carbocycles. The molecule has 0 spiro atoms. The van der Waals surface area contributed by atoms with E-state index >= 15 is 0 Å². The number of hydrogen-bond donors (Lipinski definition) is 0. The molecule has 0 aromatic heterocycles. The van der Waals surface area contributed by atoms with E-state index in [4.69, 9.17) is 23.7 Å². The van der Waals surface area contributed by atoms with E-state index in [1.807, 2.05) is 43.3 Å². The van der Waals surface area contributed by atoms with Crippen LogP contribution in [-0.4, -0.2) is 43.8 Å². The molecule has 4 rings (SSSR count). The topological polar surface area (TPSA) is 63.2 Å². The highest BCUT2D eigenvalue weighted by Gasteiger charge is 2.53. The van der Waals surface area contributed by atoms with E-state index in [1.54, 1.807) is 7.11 Å². The summed E-state index contributed by atoms with van der Waals surface area (Å²) in [5, 5.41) is 2.26. The van der Waals surface area contributed by atoms with Crippen LogP contribution in [0.5, 0.6) is 0 Å². The third-order valence-electron chi connectivity index (χ3n) is 4.87. The maximum Gasteiger partial charge on any atom is 0.303 e. The van der Waals surface area contributed by atoms with Crippen molar-refractivity contribution in [3.8, 4) is 0 Å². The van der Waals surface area contributed by atoms with E-state index in [2.05, 4.69) is 6.07 Å². The third-order valence-corrected chi connectivity index (χ3v) is 4.87. The van der Waals surface area contributed by atoms with Gasteiger partial charge in [0.05, 0.1) is 6.10 Å². The first-order valence-corrected chi connectivity index (χ1v) is 8.72. The van der Waals surface area contributed by atoms with Gasteiger partial charge in [-0.3, -0.25) is 4.79 Å². The molecule has 0 bridgehead atoms. The van der Waals surface area contributed by atoms with Gasteiger partial charge in [-0.1, -0.05) is 36.4 Å². The average molecular weight is 358 g/mol. The Hall–Kier alpha value is -1.99. The highest BCUT2D eigenvalue weighted by atomic mass is 16.8. The van der Waals surface area contributed by atoms with Gasteiger partial charge in [0.25, 0.3) is 0 Å². The molecule has 6 nitrogen and oxygen atoms in total. The van der Waals surface area contributed by atoms with E-state index < -0.39 is 30.9 Å². The number of rotatable bonds is 3. The number of fused-ring (bicyclic) bond motifs is 2. The number of ether oxygens (including phenoxy) is 5. The van der Waals surface area contributed by atoms with Crippen LogP contribution in [0.1, 0.15) is 25.7 Å². The van der Waals surface area contributed by atoms with Gasteiger partial charge in [-0.05, 0) is 23.8 Å². The Balaban J connectivity index is 1.62. The first-order valence-electron chi connectivity index (χ1n) is 8.72. The molecule has 6 heteroatoms. The Morgan fingerprint density at radius 1 is 1.00 bits per heavy atom. The summed E-state index contributed by atoms with van der Waals surface area (Å²) in [7, 11) is 1.56. The van der Waals surface area contributed by atoms with E-state index in [-0.39, 0.29) is 12.1 Å². The number of benzene rings is 2. The molecule has 2 fully saturated rings. The lowest BCUT2D eigenvalue weighted by Crippen LogP contribution is -2.57. The van der Waals surface area contributed by atoms with Crippen molar-refractivity contribution in [3.63, 3.8) is 0 Å². The third kappa shape index (κ3) is 3.10. The number of esters is 1. The van der Waals surface area contributed by atoms with Gasteiger partial charge in [0, 0.05) is 19.6 Å². The van der Waals surface area contributed by atoms with Crippen LogP contribution in [0.3, 0.4) is 0 Å². The second-order valence-corrected chi connectivity index (χ2v) is 6.66. The molecule has 2 aliphatic heterocycles. The summed E-state index contributed by atoms with van der Waals surface area (Å²) < 4.78 is 28.9. The smallest absolute Gasteiger partial charge is 0.303 e. The minimum atomic E-state index is -0.577. The number of methoxy groups -OCH3 is 1. The Morgan fingerprint density at radius 3 is 2.46 bits per heavy atom. The summed E-state index contributed by atoms with van der Waals surface area (Å²) in [5.41, 5.74) is 0.905. The minimum Gasteiger partial charge on any atom is -0.457 e. The van der Waals surface area contributed by atoms with Crippen molar-refractivity contribution in [3.05, 3.63) is 48.0 Å². The molecule has 138 valence electrons. The van der Waals surface area contributed by atoms with Crippen molar-refractivity contribution in [2.24, 2.45) is 0 Å². The number of hydrogen-bond acceptors (Lipinski definition) is 6. The fraction of sp³-hybridized carbons (Fsp3) is 0.450. The van der Waals surface area contributed by atoms with E-state index in [0.717, 1.165) is 16.3 Å². The largest absolute Gasteiger partial charge is 0.457 e. The Labute approximate surface area is 151 Å². The van der Waals surface area contributed by atoms with Crippen LogP contribution in [0.4, 0.5) is 0 Å². The lowest BCUT2D eigenvalue weighted by atomic mass is 10.00. The van der Waals surface area contributed by atoms with Crippen molar-refractivity contribution in [2.45, 2.75) is 50.8 Å². The first kappa shape index (κ1) is 17.4. The van der Waals surface area contributed by atoms with Crippen molar-refractivity contribution < 1.29 is 28.5 Å². The summed E-state index contributed by atoms with van der Waals surface area (Å²) in [6.07, 6.45) is -2.98. The van der Waals surface area contributed by atoms with Crippen molar-refractivity contribution >= 4 is 16.7 Å². The van der Waals surface area contributed by atoms with E-state index in [1.165, 1.54) is 6.92 Å². The zero-order valence-electron chi connectivity index (χ0n) is 15.0. The molecule has 0 saturated carbocycles. The summed E-state index contributed by atoms with van der Waals surface area (Å²) in [6.45, 7) is 3.21. The summed E-state index contributed by atoms with van der Waals surface area (Å²) in [5.74, 6) is -0.377. The van der Waals surface area contributed by atoms with Crippen LogP contribution in [0.2, 0.25) is 0 Å². The first-order chi connectivity index (χ1) is 12.6. The maximum absolute atomic E-state index is 11.5. The summed E-state index contributed by atoms with van der Waals surface area (Å²) >= 11 is 0. The quantitative estimate of drug-likeness (QED) is 0.786. The van der Waals surface area contributed by atoms with Crippen LogP contribution < -0.4 is 0 Å². The van der Waals surface area contributed by atoms with Crippen LogP contribution >= 0.6 is 0 Å². The normalized spacial score (nSPS) is 33.8. The molecule has 0 amide bonds. The summed E-state index contributed by atoms with van der Waals surface area (Å²) in [4.78, 5) is 11.5. The van der Waals surface area contributed by atoms with Crippen LogP contribution in [0.15, 0.2) is 42.5 Å². The number of carbonyl (C=O) groups is 1. The molecule has 0 unspecified atom stereocenters. The van der Waals surface area contributed by atoms with Gasteiger partial charge < -0.3 is 23.7 Å². The van der Waals surface area contributed by atoms with E-state index in [9.17, 15) is 4.79 Å². The zero-order valence-corrected chi connectivity index (χ0v) is 15.0. The summed E-state index contributed by atoms with van der Waals surface area (Å²) in [6, 6.07) is 14.2. The van der Waals surface area contributed by atoms with Gasteiger partial charge >= 0.3 is 5.97 Å². The molecule has 0 aliphatic carbocycles. The van der Waals surface area contributed by atoms with Crippen molar-refractivity contribution in [1.82, 2.24) is 0 Å².